The van der Waals surface area contributed by atoms with Crippen LogP contribution in [0.15, 0.2) is 0 Å². The molecule has 1 heterocycles. The van der Waals surface area contributed by atoms with Gasteiger partial charge in [-0.3, -0.25) is 0 Å². The molecule has 0 bridgehead atoms. The first kappa shape index (κ1) is 12.9. The van der Waals surface area contributed by atoms with E-state index in [1.807, 2.05) is 0 Å². The number of rotatable bonds is 5. The second-order valence-electron chi connectivity index (χ2n) is 4.56. The van der Waals surface area contributed by atoms with Gasteiger partial charge in [-0.15, -0.1) is 0 Å². The van der Waals surface area contributed by atoms with Crippen molar-refractivity contribution in [2.24, 2.45) is 5.92 Å². The summed E-state index contributed by atoms with van der Waals surface area (Å²) in [4.78, 5) is 0. The molecule has 1 unspecified atom stereocenters. The molecule has 0 aromatic carbocycles. The zero-order valence-corrected chi connectivity index (χ0v) is 10.7. The second kappa shape index (κ2) is 5.27. The summed E-state index contributed by atoms with van der Waals surface area (Å²) in [5.41, 5.74) is 0. The summed E-state index contributed by atoms with van der Waals surface area (Å²) in [5, 5.41) is 3.34. The van der Waals surface area contributed by atoms with Crippen LogP contribution in [0.5, 0.6) is 0 Å². The molecule has 0 saturated carbocycles. The zero-order chi connectivity index (χ0) is 11.5. The molecular formula is C10H22N2O2S. The van der Waals surface area contributed by atoms with Crippen LogP contribution in [0, 0.1) is 5.92 Å². The van der Waals surface area contributed by atoms with Crippen molar-refractivity contribution in [3.8, 4) is 0 Å². The molecule has 1 aliphatic heterocycles. The van der Waals surface area contributed by atoms with Gasteiger partial charge in [-0.25, -0.2) is 12.7 Å². The van der Waals surface area contributed by atoms with Gasteiger partial charge in [0, 0.05) is 25.7 Å². The Morgan fingerprint density at radius 1 is 1.33 bits per heavy atom. The predicted octanol–water partition coefficient (Wildman–Crippen LogP) is 0.656. The summed E-state index contributed by atoms with van der Waals surface area (Å²) in [5.74, 6) is 0.910. The van der Waals surface area contributed by atoms with Crippen LogP contribution >= 0.6 is 0 Å². The highest BCUT2D eigenvalue weighted by molar-refractivity contribution is 7.89. The average molecular weight is 234 g/mol. The average Bonchev–Trinajstić information content (AvgIpc) is 2.45. The lowest BCUT2D eigenvalue weighted by Crippen LogP contribution is -2.38. The van der Waals surface area contributed by atoms with E-state index < -0.39 is 10.0 Å². The number of hydrogen-bond acceptors (Lipinski definition) is 3. The van der Waals surface area contributed by atoms with Gasteiger partial charge in [0.15, 0.2) is 0 Å². The molecule has 0 aliphatic carbocycles. The molecule has 15 heavy (non-hydrogen) atoms. The van der Waals surface area contributed by atoms with Gasteiger partial charge < -0.3 is 5.32 Å². The molecule has 5 heteroatoms. The van der Waals surface area contributed by atoms with Crippen LogP contribution in [-0.4, -0.2) is 44.2 Å². The Balaban J connectivity index is 2.26. The van der Waals surface area contributed by atoms with E-state index in [0.29, 0.717) is 30.8 Å². The second-order valence-corrected chi connectivity index (χ2v) is 6.64. The Morgan fingerprint density at radius 2 is 2.00 bits per heavy atom. The van der Waals surface area contributed by atoms with Gasteiger partial charge in [-0.2, -0.15) is 0 Å². The van der Waals surface area contributed by atoms with Gasteiger partial charge in [0.1, 0.15) is 0 Å². The van der Waals surface area contributed by atoms with Crippen molar-refractivity contribution < 1.29 is 8.42 Å². The molecule has 1 fully saturated rings. The molecule has 1 N–H and O–H groups in total. The molecular weight excluding hydrogens is 212 g/mol. The van der Waals surface area contributed by atoms with E-state index in [1.54, 1.807) is 4.31 Å². The number of nitrogens with zero attached hydrogens (tertiary/aromatic N) is 1. The van der Waals surface area contributed by atoms with Gasteiger partial charge in [0.05, 0.1) is 5.75 Å². The molecule has 1 rings (SSSR count). The molecule has 1 aliphatic rings. The fourth-order valence-corrected chi connectivity index (χ4v) is 3.12. The lowest BCUT2D eigenvalue weighted by Gasteiger charge is -2.20. The van der Waals surface area contributed by atoms with Crippen LogP contribution < -0.4 is 5.32 Å². The van der Waals surface area contributed by atoms with E-state index in [0.717, 1.165) is 13.0 Å². The molecule has 0 amide bonds. The normalized spacial score (nSPS) is 23.5. The molecule has 0 aromatic rings. The summed E-state index contributed by atoms with van der Waals surface area (Å²) in [6.07, 6.45) is 0.780. The Bertz CT molecular complexity index is 288. The topological polar surface area (TPSA) is 49.4 Å². The van der Waals surface area contributed by atoms with Crippen LogP contribution in [-0.2, 0) is 10.0 Å². The van der Waals surface area contributed by atoms with Crippen LogP contribution in [0.2, 0.25) is 0 Å². The van der Waals surface area contributed by atoms with Crippen molar-refractivity contribution in [3.63, 3.8) is 0 Å². The Labute approximate surface area is 93.1 Å². The number of hydrogen-bond donors (Lipinski definition) is 1. The SMILES string of the molecule is CC(C)C(C)NCCN1CCCS1(=O)=O. The van der Waals surface area contributed by atoms with Crippen molar-refractivity contribution in [1.29, 1.82) is 0 Å². The molecule has 0 radical (unpaired) electrons. The van der Waals surface area contributed by atoms with E-state index >= 15 is 0 Å². The number of nitrogens with one attached hydrogen (secondary N) is 1. The quantitative estimate of drug-likeness (QED) is 0.760. The molecule has 90 valence electrons. The Morgan fingerprint density at radius 3 is 2.47 bits per heavy atom. The highest BCUT2D eigenvalue weighted by Crippen LogP contribution is 2.12. The lowest BCUT2D eigenvalue weighted by molar-refractivity contribution is 0.384. The first-order valence-electron chi connectivity index (χ1n) is 5.64. The molecule has 0 aromatic heterocycles. The van der Waals surface area contributed by atoms with Gasteiger partial charge in [-0.05, 0) is 19.3 Å². The third-order valence-electron chi connectivity index (χ3n) is 3.03. The summed E-state index contributed by atoms with van der Waals surface area (Å²) in [7, 11) is -2.91. The molecule has 1 saturated heterocycles. The maximum atomic E-state index is 11.5. The van der Waals surface area contributed by atoms with Gasteiger partial charge in [0.25, 0.3) is 0 Å². The standard InChI is InChI=1S/C10H22N2O2S/c1-9(2)10(3)11-5-7-12-6-4-8-15(12,13)14/h9-11H,4-8H2,1-3H3. The van der Waals surface area contributed by atoms with Gasteiger partial charge in [-0.1, -0.05) is 13.8 Å². The largest absolute Gasteiger partial charge is 0.313 e. The van der Waals surface area contributed by atoms with Crippen molar-refractivity contribution >= 4 is 10.0 Å². The smallest absolute Gasteiger partial charge is 0.214 e. The Hall–Kier alpha value is -0.130. The van der Waals surface area contributed by atoms with E-state index in [1.165, 1.54) is 0 Å². The zero-order valence-electron chi connectivity index (χ0n) is 9.86. The highest BCUT2D eigenvalue weighted by atomic mass is 32.2. The molecule has 1 atom stereocenters. The fourth-order valence-electron chi connectivity index (χ4n) is 1.60. The summed E-state index contributed by atoms with van der Waals surface area (Å²) >= 11 is 0. The third-order valence-corrected chi connectivity index (χ3v) is 4.99. The lowest BCUT2D eigenvalue weighted by atomic mass is 10.1. The van der Waals surface area contributed by atoms with Crippen LogP contribution in [0.4, 0.5) is 0 Å². The first-order chi connectivity index (χ1) is 6.93. The van der Waals surface area contributed by atoms with Gasteiger partial charge >= 0.3 is 0 Å². The maximum absolute atomic E-state index is 11.5. The third kappa shape index (κ3) is 3.74. The van der Waals surface area contributed by atoms with Crippen molar-refractivity contribution in [1.82, 2.24) is 9.62 Å². The molecule has 4 nitrogen and oxygen atoms in total. The minimum Gasteiger partial charge on any atom is -0.313 e. The first-order valence-corrected chi connectivity index (χ1v) is 7.25. The predicted molar refractivity (Wildman–Crippen MR) is 62.3 cm³/mol. The summed E-state index contributed by atoms with van der Waals surface area (Å²) < 4.78 is 24.5. The summed E-state index contributed by atoms with van der Waals surface area (Å²) in [6, 6.07) is 0.440. The van der Waals surface area contributed by atoms with Gasteiger partial charge in [0.2, 0.25) is 10.0 Å². The summed E-state index contributed by atoms with van der Waals surface area (Å²) in [6.45, 7) is 8.50. The molecule has 0 spiro atoms. The minimum absolute atomic E-state index is 0.326. The van der Waals surface area contributed by atoms with Crippen LogP contribution in [0.25, 0.3) is 0 Å². The van der Waals surface area contributed by atoms with Crippen LogP contribution in [0.3, 0.4) is 0 Å². The van der Waals surface area contributed by atoms with E-state index in [4.69, 9.17) is 0 Å². The monoisotopic (exact) mass is 234 g/mol. The van der Waals surface area contributed by atoms with Crippen molar-refractivity contribution in [3.05, 3.63) is 0 Å². The number of sulfonamides is 1. The highest BCUT2D eigenvalue weighted by Gasteiger charge is 2.27. The Kier molecular flexibility index (Phi) is 4.55. The van der Waals surface area contributed by atoms with E-state index in [2.05, 4.69) is 26.1 Å². The van der Waals surface area contributed by atoms with Crippen molar-refractivity contribution in [2.75, 3.05) is 25.4 Å². The van der Waals surface area contributed by atoms with E-state index in [9.17, 15) is 8.42 Å². The minimum atomic E-state index is -2.91. The maximum Gasteiger partial charge on any atom is 0.214 e. The van der Waals surface area contributed by atoms with E-state index in [-0.39, 0.29) is 0 Å². The van der Waals surface area contributed by atoms with Crippen LogP contribution in [0.1, 0.15) is 27.2 Å². The van der Waals surface area contributed by atoms with Crippen molar-refractivity contribution in [2.45, 2.75) is 33.2 Å². The fraction of sp³-hybridized carbons (Fsp3) is 1.00.